The minimum absolute atomic E-state index is 0.224. The van der Waals surface area contributed by atoms with Crippen LogP contribution in [0.25, 0.3) is 6.08 Å². The molecule has 0 heterocycles. The Morgan fingerprint density at radius 1 is 0.889 bits per heavy atom. The van der Waals surface area contributed by atoms with Gasteiger partial charge in [-0.3, -0.25) is 4.79 Å². The molecule has 0 bridgehead atoms. The first-order valence-electron chi connectivity index (χ1n) is 8.22. The number of benzene rings is 3. The number of esters is 1. The number of anilines is 1. The van der Waals surface area contributed by atoms with Gasteiger partial charge in [-0.1, -0.05) is 30.3 Å². The van der Waals surface area contributed by atoms with Gasteiger partial charge in [-0.05, 0) is 60.2 Å². The van der Waals surface area contributed by atoms with Crippen LogP contribution in [-0.4, -0.2) is 11.9 Å². The Kier molecular flexibility index (Phi) is 5.74. The number of nitrogens with one attached hydrogen (secondary N) is 1. The van der Waals surface area contributed by atoms with E-state index < -0.39 is 5.97 Å². The zero-order valence-corrected chi connectivity index (χ0v) is 14.3. The van der Waals surface area contributed by atoms with E-state index in [0.29, 0.717) is 22.6 Å². The molecular formula is C22H16FNO3. The van der Waals surface area contributed by atoms with Crippen LogP contribution in [0.5, 0.6) is 5.75 Å². The molecule has 1 amide bonds. The van der Waals surface area contributed by atoms with Crippen LogP contribution in [0.2, 0.25) is 0 Å². The highest BCUT2D eigenvalue weighted by Crippen LogP contribution is 2.17. The average Bonchev–Trinajstić information content (AvgIpc) is 2.69. The van der Waals surface area contributed by atoms with Gasteiger partial charge < -0.3 is 10.1 Å². The van der Waals surface area contributed by atoms with Gasteiger partial charge in [0.05, 0.1) is 0 Å². The lowest BCUT2D eigenvalue weighted by Crippen LogP contribution is -2.11. The van der Waals surface area contributed by atoms with Gasteiger partial charge in [-0.25, -0.2) is 9.18 Å². The van der Waals surface area contributed by atoms with Crippen LogP contribution >= 0.6 is 0 Å². The summed E-state index contributed by atoms with van der Waals surface area (Å²) >= 11 is 0. The number of carbonyl (C=O) groups is 2. The van der Waals surface area contributed by atoms with Crippen LogP contribution in [0.3, 0.4) is 0 Å². The lowest BCUT2D eigenvalue weighted by molar-refractivity contribution is -0.128. The van der Waals surface area contributed by atoms with E-state index in [0.717, 1.165) is 0 Å². The third-order valence-corrected chi connectivity index (χ3v) is 3.63. The number of rotatable bonds is 5. The summed E-state index contributed by atoms with van der Waals surface area (Å²) in [5.41, 5.74) is 1.69. The fraction of sp³-hybridized carbons (Fsp3) is 0. The van der Waals surface area contributed by atoms with E-state index in [1.54, 1.807) is 60.7 Å². The molecule has 4 nitrogen and oxygen atoms in total. The second-order valence-corrected chi connectivity index (χ2v) is 5.65. The molecule has 3 aromatic carbocycles. The molecule has 3 rings (SSSR count). The third-order valence-electron chi connectivity index (χ3n) is 3.63. The van der Waals surface area contributed by atoms with Gasteiger partial charge in [0.1, 0.15) is 11.6 Å². The molecule has 0 aliphatic carbocycles. The van der Waals surface area contributed by atoms with Crippen LogP contribution in [0.1, 0.15) is 15.9 Å². The molecule has 0 atom stereocenters. The molecule has 0 aliphatic rings. The van der Waals surface area contributed by atoms with Crippen LogP contribution < -0.4 is 10.1 Å². The monoisotopic (exact) mass is 361 g/mol. The summed E-state index contributed by atoms with van der Waals surface area (Å²) in [4.78, 5) is 23.9. The number of carbonyl (C=O) groups excluding carboxylic acids is 2. The zero-order chi connectivity index (χ0) is 19.1. The van der Waals surface area contributed by atoms with E-state index >= 15 is 0 Å². The molecule has 27 heavy (non-hydrogen) atoms. The van der Waals surface area contributed by atoms with Crippen LogP contribution in [-0.2, 0) is 4.79 Å². The lowest BCUT2D eigenvalue weighted by Gasteiger charge is -2.06. The van der Waals surface area contributed by atoms with E-state index in [9.17, 15) is 14.0 Å². The molecule has 0 spiro atoms. The Bertz CT molecular complexity index is 966. The molecule has 0 aliphatic heterocycles. The maximum atomic E-state index is 13.1. The van der Waals surface area contributed by atoms with E-state index in [1.807, 2.05) is 6.07 Å². The highest BCUT2D eigenvalue weighted by Gasteiger charge is 2.06. The number of halogens is 1. The number of hydrogen-bond acceptors (Lipinski definition) is 3. The zero-order valence-electron chi connectivity index (χ0n) is 14.3. The topological polar surface area (TPSA) is 55.4 Å². The van der Waals surface area contributed by atoms with Crippen molar-refractivity contribution in [1.82, 2.24) is 0 Å². The highest BCUT2D eigenvalue weighted by atomic mass is 19.1. The summed E-state index contributed by atoms with van der Waals surface area (Å²) in [5.74, 6) is -0.848. The predicted octanol–water partition coefficient (Wildman–Crippen LogP) is 4.70. The first-order valence-corrected chi connectivity index (χ1v) is 8.22. The fourth-order valence-electron chi connectivity index (χ4n) is 2.32. The second-order valence-electron chi connectivity index (χ2n) is 5.65. The van der Waals surface area contributed by atoms with E-state index in [1.165, 1.54) is 24.3 Å². The van der Waals surface area contributed by atoms with Crippen molar-refractivity contribution in [3.05, 3.63) is 102 Å². The van der Waals surface area contributed by atoms with Gasteiger partial charge in [-0.15, -0.1) is 0 Å². The minimum Gasteiger partial charge on any atom is -0.423 e. The Morgan fingerprint density at radius 2 is 1.63 bits per heavy atom. The van der Waals surface area contributed by atoms with Gasteiger partial charge >= 0.3 is 5.97 Å². The Hall–Kier alpha value is -3.73. The molecule has 0 fully saturated rings. The van der Waals surface area contributed by atoms with Gasteiger partial charge in [-0.2, -0.15) is 0 Å². The van der Waals surface area contributed by atoms with Crippen molar-refractivity contribution >= 4 is 23.6 Å². The van der Waals surface area contributed by atoms with Crippen molar-refractivity contribution in [2.45, 2.75) is 0 Å². The first-order chi connectivity index (χ1) is 13.1. The molecule has 134 valence electrons. The van der Waals surface area contributed by atoms with Crippen molar-refractivity contribution in [2.75, 3.05) is 5.32 Å². The first kappa shape index (κ1) is 18.1. The standard InChI is InChI=1S/C22H16FNO3/c23-18-8-4-5-16(15-18)9-14-21(25)27-20-12-10-19(11-13-20)24-22(26)17-6-2-1-3-7-17/h1-15H,(H,24,26)/b14-9+. The molecule has 5 heteroatoms. The number of ether oxygens (including phenoxy) is 1. The maximum Gasteiger partial charge on any atom is 0.336 e. The number of hydrogen-bond donors (Lipinski definition) is 1. The van der Waals surface area contributed by atoms with Gasteiger partial charge in [0.2, 0.25) is 0 Å². The van der Waals surface area contributed by atoms with Gasteiger partial charge in [0, 0.05) is 17.3 Å². The maximum absolute atomic E-state index is 13.1. The van der Waals surface area contributed by atoms with Crippen LogP contribution in [0, 0.1) is 5.82 Å². The fourth-order valence-corrected chi connectivity index (χ4v) is 2.32. The molecule has 0 saturated carbocycles. The largest absolute Gasteiger partial charge is 0.423 e. The SMILES string of the molecule is O=C(/C=C/c1cccc(F)c1)Oc1ccc(NC(=O)c2ccccc2)cc1. The van der Waals surface area contributed by atoms with Crippen LogP contribution in [0.15, 0.2) is 84.9 Å². The smallest absolute Gasteiger partial charge is 0.336 e. The molecular weight excluding hydrogens is 345 g/mol. The normalized spacial score (nSPS) is 10.6. The molecule has 0 saturated heterocycles. The van der Waals surface area contributed by atoms with Crippen molar-refractivity contribution in [2.24, 2.45) is 0 Å². The Balaban J connectivity index is 1.57. The van der Waals surface area contributed by atoms with Crippen molar-refractivity contribution in [1.29, 1.82) is 0 Å². The third kappa shape index (κ3) is 5.37. The van der Waals surface area contributed by atoms with E-state index in [2.05, 4.69) is 5.32 Å². The van der Waals surface area contributed by atoms with E-state index in [4.69, 9.17) is 4.74 Å². The molecule has 0 unspecified atom stereocenters. The highest BCUT2D eigenvalue weighted by molar-refractivity contribution is 6.04. The average molecular weight is 361 g/mol. The Morgan fingerprint density at radius 3 is 2.33 bits per heavy atom. The Labute approximate surface area is 155 Å². The van der Waals surface area contributed by atoms with Crippen molar-refractivity contribution in [3.8, 4) is 5.75 Å². The molecule has 0 radical (unpaired) electrons. The lowest BCUT2D eigenvalue weighted by atomic mass is 10.2. The summed E-state index contributed by atoms with van der Waals surface area (Å²) in [6.45, 7) is 0. The summed E-state index contributed by atoms with van der Waals surface area (Å²) in [6.07, 6.45) is 2.69. The molecule has 1 N–H and O–H groups in total. The number of amides is 1. The van der Waals surface area contributed by atoms with E-state index in [-0.39, 0.29) is 11.7 Å². The second kappa shape index (κ2) is 8.58. The van der Waals surface area contributed by atoms with Gasteiger partial charge in [0.25, 0.3) is 5.91 Å². The van der Waals surface area contributed by atoms with Crippen molar-refractivity contribution < 1.29 is 18.7 Å². The van der Waals surface area contributed by atoms with Crippen molar-refractivity contribution in [3.63, 3.8) is 0 Å². The summed E-state index contributed by atoms with van der Waals surface area (Å²) in [7, 11) is 0. The quantitative estimate of drug-likeness (QED) is 0.407. The predicted molar refractivity (Wildman–Crippen MR) is 102 cm³/mol. The minimum atomic E-state index is -0.583. The van der Waals surface area contributed by atoms with Crippen LogP contribution in [0.4, 0.5) is 10.1 Å². The summed E-state index contributed by atoms with van der Waals surface area (Å²) in [5, 5.41) is 2.76. The van der Waals surface area contributed by atoms with Gasteiger partial charge in [0.15, 0.2) is 0 Å². The molecule has 0 aromatic heterocycles. The summed E-state index contributed by atoms with van der Waals surface area (Å²) < 4.78 is 18.3. The molecule has 3 aromatic rings. The summed E-state index contributed by atoms with van der Waals surface area (Å²) in [6, 6.07) is 21.2.